The van der Waals surface area contributed by atoms with Crippen LogP contribution in [0, 0.1) is 6.92 Å². The molecule has 0 aliphatic heterocycles. The third-order valence-electron chi connectivity index (χ3n) is 3.51. The number of aryl methyl sites for hydroxylation is 2. The highest BCUT2D eigenvalue weighted by Gasteiger charge is 2.26. The maximum absolute atomic E-state index is 12.4. The lowest BCUT2D eigenvalue weighted by atomic mass is 10.0. The van der Waals surface area contributed by atoms with E-state index in [-0.39, 0.29) is 33.7 Å². The van der Waals surface area contributed by atoms with Gasteiger partial charge in [-0.2, -0.15) is 0 Å². The molecule has 0 bridgehead atoms. The fraction of sp³-hybridized carbons (Fsp3) is 0.500. The molecule has 2 aromatic heterocycles. The number of nitrogens with zero attached hydrogens (tertiary/aromatic N) is 2. The molecule has 108 valence electrons. The van der Waals surface area contributed by atoms with E-state index < -0.39 is 0 Å². The van der Waals surface area contributed by atoms with Gasteiger partial charge in [-0.3, -0.25) is 9.59 Å². The molecule has 0 saturated heterocycles. The first-order valence-electron chi connectivity index (χ1n) is 6.54. The Kier molecular flexibility index (Phi) is 3.41. The zero-order valence-corrected chi connectivity index (χ0v) is 12.4. The molecule has 0 atom stereocenters. The minimum Gasteiger partial charge on any atom is -0.442 e. The highest BCUT2D eigenvalue weighted by molar-refractivity contribution is 6.06. The molecule has 0 aliphatic rings. The van der Waals surface area contributed by atoms with E-state index in [9.17, 15) is 9.59 Å². The van der Waals surface area contributed by atoms with Crippen LogP contribution in [0.3, 0.4) is 0 Å². The first kappa shape index (κ1) is 14.3. The summed E-state index contributed by atoms with van der Waals surface area (Å²) in [7, 11) is 1.59. The van der Waals surface area contributed by atoms with E-state index in [1.165, 1.54) is 10.9 Å². The monoisotopic (exact) mass is 277 g/mol. The zero-order valence-electron chi connectivity index (χ0n) is 12.4. The quantitative estimate of drug-likeness (QED) is 0.927. The van der Waals surface area contributed by atoms with Gasteiger partial charge in [-0.1, -0.05) is 6.92 Å². The normalized spacial score (nSPS) is 11.8. The second-order valence-electron chi connectivity index (χ2n) is 5.57. The van der Waals surface area contributed by atoms with Crippen molar-refractivity contribution in [2.75, 3.05) is 0 Å². The second-order valence-corrected chi connectivity index (χ2v) is 5.57. The third kappa shape index (κ3) is 2.33. The lowest BCUT2D eigenvalue weighted by Crippen LogP contribution is -2.43. The van der Waals surface area contributed by atoms with E-state index in [0.717, 1.165) is 6.42 Å². The standard InChI is InChI=1S/C14H19N3O3/c1-6-14(3,4)16-11(18)9-8(2)20-12-10(9)13(19)17(5)7-15-12/h7H,6H2,1-5H3,(H,16,18). The van der Waals surface area contributed by atoms with Crippen molar-refractivity contribution in [2.45, 2.75) is 39.7 Å². The average molecular weight is 277 g/mol. The molecular weight excluding hydrogens is 258 g/mol. The van der Waals surface area contributed by atoms with Crippen molar-refractivity contribution in [3.63, 3.8) is 0 Å². The summed E-state index contributed by atoms with van der Waals surface area (Å²) in [4.78, 5) is 28.7. The Hall–Kier alpha value is -2.11. The van der Waals surface area contributed by atoms with Gasteiger partial charge in [0, 0.05) is 12.6 Å². The molecule has 0 unspecified atom stereocenters. The van der Waals surface area contributed by atoms with Gasteiger partial charge in [-0.15, -0.1) is 0 Å². The molecule has 0 saturated carbocycles. The zero-order chi connectivity index (χ0) is 15.1. The molecule has 1 N–H and O–H groups in total. The van der Waals surface area contributed by atoms with Gasteiger partial charge in [0.15, 0.2) is 0 Å². The number of aromatic nitrogens is 2. The summed E-state index contributed by atoms with van der Waals surface area (Å²) in [6.07, 6.45) is 2.16. The minimum atomic E-state index is -0.347. The van der Waals surface area contributed by atoms with E-state index in [2.05, 4.69) is 10.3 Å². The van der Waals surface area contributed by atoms with Crippen LogP contribution in [-0.4, -0.2) is 21.0 Å². The number of furan rings is 1. The third-order valence-corrected chi connectivity index (χ3v) is 3.51. The maximum Gasteiger partial charge on any atom is 0.265 e. The predicted octanol–water partition coefficient (Wildman–Crippen LogP) is 1.75. The Morgan fingerprint density at radius 3 is 2.75 bits per heavy atom. The average Bonchev–Trinajstić information content (AvgIpc) is 2.71. The van der Waals surface area contributed by atoms with Crippen molar-refractivity contribution in [3.05, 3.63) is 28.0 Å². The lowest BCUT2D eigenvalue weighted by molar-refractivity contribution is 0.0911. The Balaban J connectivity index is 2.60. The fourth-order valence-electron chi connectivity index (χ4n) is 1.92. The van der Waals surface area contributed by atoms with Crippen LogP contribution in [-0.2, 0) is 7.05 Å². The van der Waals surface area contributed by atoms with E-state index in [0.29, 0.717) is 5.76 Å². The summed E-state index contributed by atoms with van der Waals surface area (Å²) in [5.74, 6) is 0.0957. The number of hydrogen-bond donors (Lipinski definition) is 1. The van der Waals surface area contributed by atoms with Crippen LogP contribution in [0.4, 0.5) is 0 Å². The van der Waals surface area contributed by atoms with Crippen LogP contribution >= 0.6 is 0 Å². The van der Waals surface area contributed by atoms with Gasteiger partial charge in [0.05, 0.1) is 5.56 Å². The maximum atomic E-state index is 12.4. The molecule has 20 heavy (non-hydrogen) atoms. The van der Waals surface area contributed by atoms with Gasteiger partial charge in [-0.25, -0.2) is 4.98 Å². The summed E-state index contributed by atoms with van der Waals surface area (Å²) in [5.41, 5.74) is -0.160. The number of rotatable bonds is 3. The number of carbonyl (C=O) groups is 1. The van der Waals surface area contributed by atoms with E-state index in [1.807, 2.05) is 20.8 Å². The number of hydrogen-bond acceptors (Lipinski definition) is 4. The van der Waals surface area contributed by atoms with E-state index in [1.54, 1.807) is 14.0 Å². The molecular formula is C14H19N3O3. The minimum absolute atomic E-state index is 0.199. The number of amides is 1. The molecule has 1 amide bonds. The van der Waals surface area contributed by atoms with E-state index in [4.69, 9.17) is 4.42 Å². The highest BCUT2D eigenvalue weighted by Crippen LogP contribution is 2.21. The van der Waals surface area contributed by atoms with E-state index >= 15 is 0 Å². The lowest BCUT2D eigenvalue weighted by Gasteiger charge is -2.24. The summed E-state index contributed by atoms with van der Waals surface area (Å²) >= 11 is 0. The second kappa shape index (κ2) is 4.77. The van der Waals surface area contributed by atoms with Crippen LogP contribution in [0.15, 0.2) is 15.5 Å². The highest BCUT2D eigenvalue weighted by atomic mass is 16.3. The van der Waals surface area contributed by atoms with Crippen molar-refractivity contribution in [3.8, 4) is 0 Å². The summed E-state index contributed by atoms with van der Waals surface area (Å²) < 4.78 is 6.75. The number of carbonyl (C=O) groups excluding carboxylic acids is 1. The first-order valence-corrected chi connectivity index (χ1v) is 6.54. The largest absolute Gasteiger partial charge is 0.442 e. The van der Waals surface area contributed by atoms with Crippen molar-refractivity contribution in [1.29, 1.82) is 0 Å². The molecule has 0 spiro atoms. The molecule has 6 nitrogen and oxygen atoms in total. The summed E-state index contributed by atoms with van der Waals surface area (Å²) in [5, 5.41) is 3.15. The van der Waals surface area contributed by atoms with Gasteiger partial charge in [0.25, 0.3) is 11.5 Å². The van der Waals surface area contributed by atoms with Gasteiger partial charge in [0.1, 0.15) is 17.5 Å². The number of fused-ring (bicyclic) bond motifs is 1. The number of nitrogens with one attached hydrogen (secondary N) is 1. The molecule has 2 heterocycles. The van der Waals surface area contributed by atoms with Gasteiger partial charge in [-0.05, 0) is 27.2 Å². The van der Waals surface area contributed by atoms with Crippen molar-refractivity contribution in [2.24, 2.45) is 7.05 Å². The Morgan fingerprint density at radius 2 is 2.15 bits per heavy atom. The van der Waals surface area contributed by atoms with Crippen LogP contribution in [0.5, 0.6) is 0 Å². The molecule has 0 radical (unpaired) electrons. The van der Waals surface area contributed by atoms with Crippen LogP contribution in [0.1, 0.15) is 43.3 Å². The molecule has 2 aromatic rings. The molecule has 0 fully saturated rings. The van der Waals surface area contributed by atoms with Crippen LogP contribution < -0.4 is 10.9 Å². The fourth-order valence-corrected chi connectivity index (χ4v) is 1.92. The molecule has 0 aromatic carbocycles. The van der Waals surface area contributed by atoms with Gasteiger partial charge < -0.3 is 14.3 Å². The predicted molar refractivity (Wildman–Crippen MR) is 75.8 cm³/mol. The molecule has 2 rings (SSSR count). The summed E-state index contributed by atoms with van der Waals surface area (Å²) in [6.45, 7) is 7.51. The van der Waals surface area contributed by atoms with Crippen LogP contribution in [0.2, 0.25) is 0 Å². The molecule has 6 heteroatoms. The SMILES string of the molecule is CCC(C)(C)NC(=O)c1c(C)oc2ncn(C)c(=O)c12. The Morgan fingerprint density at radius 1 is 1.50 bits per heavy atom. The first-order chi connectivity index (χ1) is 9.26. The smallest absolute Gasteiger partial charge is 0.265 e. The van der Waals surface area contributed by atoms with Gasteiger partial charge >= 0.3 is 0 Å². The Labute approximate surface area is 116 Å². The van der Waals surface area contributed by atoms with Gasteiger partial charge in [0.2, 0.25) is 5.71 Å². The van der Waals surface area contributed by atoms with Crippen molar-refractivity contribution < 1.29 is 9.21 Å². The topological polar surface area (TPSA) is 77.1 Å². The van der Waals surface area contributed by atoms with Crippen LogP contribution in [0.25, 0.3) is 11.1 Å². The van der Waals surface area contributed by atoms with Crippen molar-refractivity contribution in [1.82, 2.24) is 14.9 Å². The summed E-state index contributed by atoms with van der Waals surface area (Å²) in [6, 6.07) is 0. The molecule has 0 aliphatic carbocycles. The Bertz CT molecular complexity index is 725. The van der Waals surface area contributed by atoms with Crippen molar-refractivity contribution >= 4 is 17.0 Å².